The Hall–Kier alpha value is -1.96. The van der Waals surface area contributed by atoms with Gasteiger partial charge in [-0.15, -0.1) is 0 Å². The van der Waals surface area contributed by atoms with Gasteiger partial charge in [0.1, 0.15) is 0 Å². The van der Waals surface area contributed by atoms with Gasteiger partial charge in [0.15, 0.2) is 0 Å². The van der Waals surface area contributed by atoms with Gasteiger partial charge in [-0.1, -0.05) is 57.2 Å². The Labute approximate surface area is 122 Å². The van der Waals surface area contributed by atoms with E-state index in [1.165, 1.54) is 16.8 Å². The van der Waals surface area contributed by atoms with Crippen LogP contribution in [0.5, 0.6) is 0 Å². The summed E-state index contributed by atoms with van der Waals surface area (Å²) in [6, 6.07) is 16.8. The first-order valence-corrected chi connectivity index (χ1v) is 7.45. The molecule has 2 aromatic carbocycles. The van der Waals surface area contributed by atoms with Crippen LogP contribution in [0.15, 0.2) is 48.5 Å². The number of rotatable bonds is 6. The minimum Gasteiger partial charge on any atom is -0.301 e. The van der Waals surface area contributed by atoms with Gasteiger partial charge >= 0.3 is 0 Å². The second kappa shape index (κ2) is 6.99. The van der Waals surface area contributed by atoms with Gasteiger partial charge in [-0.3, -0.25) is 0 Å². The summed E-state index contributed by atoms with van der Waals surface area (Å²) in [5.74, 6) is 0.557. The van der Waals surface area contributed by atoms with Crippen molar-refractivity contribution in [2.24, 2.45) is 0 Å². The van der Waals surface area contributed by atoms with Gasteiger partial charge < -0.3 is 10.9 Å². The SMILES string of the molecule is CCc1cccc(C(C)CC)c1NNc1ccccc1. The number of aryl methyl sites for hydroxylation is 1. The third kappa shape index (κ3) is 3.32. The van der Waals surface area contributed by atoms with Crippen molar-refractivity contribution in [3.8, 4) is 0 Å². The van der Waals surface area contributed by atoms with Crippen LogP contribution in [-0.4, -0.2) is 0 Å². The monoisotopic (exact) mass is 268 g/mol. The van der Waals surface area contributed by atoms with Gasteiger partial charge in [-0.05, 0) is 42.0 Å². The quantitative estimate of drug-likeness (QED) is 0.703. The van der Waals surface area contributed by atoms with E-state index in [0.29, 0.717) is 5.92 Å². The fourth-order valence-corrected chi connectivity index (χ4v) is 2.35. The maximum Gasteiger partial charge on any atom is 0.0606 e. The van der Waals surface area contributed by atoms with E-state index < -0.39 is 0 Å². The maximum absolute atomic E-state index is 3.41. The lowest BCUT2D eigenvalue weighted by atomic mass is 9.94. The third-order valence-corrected chi connectivity index (χ3v) is 3.81. The van der Waals surface area contributed by atoms with Crippen molar-refractivity contribution in [3.05, 3.63) is 59.7 Å². The molecule has 0 fully saturated rings. The standard InChI is InChI=1S/C18H24N2/c1-4-14(3)17-13-9-10-15(5-2)18(17)20-19-16-11-7-6-8-12-16/h6-14,19-20H,4-5H2,1-3H3. The van der Waals surface area contributed by atoms with Crippen LogP contribution >= 0.6 is 0 Å². The van der Waals surface area contributed by atoms with E-state index in [1.807, 2.05) is 18.2 Å². The number of hydrazine groups is 1. The second-order valence-electron chi connectivity index (χ2n) is 5.16. The molecular formula is C18H24N2. The predicted octanol–water partition coefficient (Wildman–Crippen LogP) is 5.20. The van der Waals surface area contributed by atoms with E-state index >= 15 is 0 Å². The molecule has 2 rings (SSSR count). The normalized spacial score (nSPS) is 11.9. The smallest absolute Gasteiger partial charge is 0.0606 e. The lowest BCUT2D eigenvalue weighted by Gasteiger charge is -2.20. The topological polar surface area (TPSA) is 24.1 Å². The van der Waals surface area contributed by atoms with Crippen molar-refractivity contribution < 1.29 is 0 Å². The molecule has 0 aliphatic heterocycles. The summed E-state index contributed by atoms with van der Waals surface area (Å²) in [6.07, 6.45) is 2.18. The van der Waals surface area contributed by atoms with Crippen molar-refractivity contribution in [3.63, 3.8) is 0 Å². The highest BCUT2D eigenvalue weighted by Gasteiger charge is 2.11. The number of nitrogens with one attached hydrogen (secondary N) is 2. The fourth-order valence-electron chi connectivity index (χ4n) is 2.35. The Balaban J connectivity index is 2.24. The van der Waals surface area contributed by atoms with Crippen molar-refractivity contribution >= 4 is 11.4 Å². The van der Waals surface area contributed by atoms with Crippen LogP contribution in [0.25, 0.3) is 0 Å². The van der Waals surface area contributed by atoms with Crippen molar-refractivity contribution in [2.75, 3.05) is 10.9 Å². The van der Waals surface area contributed by atoms with Crippen LogP contribution in [0, 0.1) is 0 Å². The molecule has 0 radical (unpaired) electrons. The Kier molecular flexibility index (Phi) is 5.05. The van der Waals surface area contributed by atoms with Crippen LogP contribution in [0.1, 0.15) is 44.2 Å². The molecule has 2 heteroatoms. The largest absolute Gasteiger partial charge is 0.301 e. The average molecular weight is 268 g/mol. The summed E-state index contributed by atoms with van der Waals surface area (Å²) in [5.41, 5.74) is 11.8. The predicted molar refractivity (Wildman–Crippen MR) is 88.2 cm³/mol. The van der Waals surface area contributed by atoms with Crippen molar-refractivity contribution in [1.82, 2.24) is 0 Å². The summed E-state index contributed by atoms with van der Waals surface area (Å²) in [7, 11) is 0. The molecule has 0 saturated carbocycles. The molecule has 1 atom stereocenters. The number of hydrogen-bond donors (Lipinski definition) is 2. The zero-order chi connectivity index (χ0) is 14.4. The molecule has 0 aliphatic carbocycles. The third-order valence-electron chi connectivity index (χ3n) is 3.81. The van der Waals surface area contributed by atoms with Gasteiger partial charge in [0.05, 0.1) is 11.4 Å². The van der Waals surface area contributed by atoms with Gasteiger partial charge in [0.2, 0.25) is 0 Å². The van der Waals surface area contributed by atoms with Crippen LogP contribution in [0.4, 0.5) is 11.4 Å². The minimum absolute atomic E-state index is 0.557. The Morgan fingerprint density at radius 3 is 2.30 bits per heavy atom. The van der Waals surface area contributed by atoms with Crippen LogP contribution in [-0.2, 0) is 6.42 Å². The molecule has 2 N–H and O–H groups in total. The molecule has 0 bridgehead atoms. The molecule has 2 aromatic rings. The minimum atomic E-state index is 0.557. The van der Waals surface area contributed by atoms with Crippen LogP contribution in [0.3, 0.4) is 0 Å². The zero-order valence-corrected chi connectivity index (χ0v) is 12.6. The first-order valence-electron chi connectivity index (χ1n) is 7.45. The Morgan fingerprint density at radius 2 is 1.65 bits per heavy atom. The zero-order valence-electron chi connectivity index (χ0n) is 12.6. The summed E-state index contributed by atoms with van der Waals surface area (Å²) in [4.78, 5) is 0. The summed E-state index contributed by atoms with van der Waals surface area (Å²) < 4.78 is 0. The molecule has 1 unspecified atom stereocenters. The van der Waals surface area contributed by atoms with Crippen molar-refractivity contribution in [1.29, 1.82) is 0 Å². The number of anilines is 2. The van der Waals surface area contributed by atoms with E-state index in [0.717, 1.165) is 18.5 Å². The van der Waals surface area contributed by atoms with E-state index in [1.54, 1.807) is 0 Å². The van der Waals surface area contributed by atoms with E-state index in [4.69, 9.17) is 0 Å². The highest BCUT2D eigenvalue weighted by molar-refractivity contribution is 5.62. The number of benzene rings is 2. The maximum atomic E-state index is 3.41. The highest BCUT2D eigenvalue weighted by atomic mass is 15.4. The summed E-state index contributed by atoms with van der Waals surface area (Å²) >= 11 is 0. The molecule has 0 saturated heterocycles. The number of para-hydroxylation sites is 2. The van der Waals surface area contributed by atoms with Crippen LogP contribution < -0.4 is 10.9 Å². The fraction of sp³-hybridized carbons (Fsp3) is 0.333. The first kappa shape index (κ1) is 14.4. The lowest BCUT2D eigenvalue weighted by molar-refractivity contribution is 0.734. The van der Waals surface area contributed by atoms with Crippen LogP contribution in [0.2, 0.25) is 0 Å². The van der Waals surface area contributed by atoms with Gasteiger partial charge in [0, 0.05) is 0 Å². The van der Waals surface area contributed by atoms with Gasteiger partial charge in [-0.2, -0.15) is 0 Å². The molecule has 20 heavy (non-hydrogen) atoms. The molecule has 0 aliphatic rings. The molecule has 2 nitrogen and oxygen atoms in total. The Bertz CT molecular complexity index is 534. The molecule has 106 valence electrons. The Morgan fingerprint density at radius 1 is 0.900 bits per heavy atom. The summed E-state index contributed by atoms with van der Waals surface area (Å²) in [6.45, 7) is 6.71. The highest BCUT2D eigenvalue weighted by Crippen LogP contribution is 2.30. The second-order valence-corrected chi connectivity index (χ2v) is 5.16. The molecule has 0 spiro atoms. The molecule has 0 heterocycles. The number of hydrogen-bond acceptors (Lipinski definition) is 2. The van der Waals surface area contributed by atoms with Crippen molar-refractivity contribution in [2.45, 2.75) is 39.5 Å². The lowest BCUT2D eigenvalue weighted by Crippen LogP contribution is -2.13. The van der Waals surface area contributed by atoms with E-state index in [2.05, 4.69) is 62.0 Å². The first-order chi connectivity index (χ1) is 9.76. The van der Waals surface area contributed by atoms with E-state index in [-0.39, 0.29) is 0 Å². The van der Waals surface area contributed by atoms with Gasteiger partial charge in [0.25, 0.3) is 0 Å². The van der Waals surface area contributed by atoms with E-state index in [9.17, 15) is 0 Å². The average Bonchev–Trinajstić information content (AvgIpc) is 2.52. The molecule has 0 amide bonds. The van der Waals surface area contributed by atoms with Gasteiger partial charge in [-0.25, -0.2) is 0 Å². The molecular weight excluding hydrogens is 244 g/mol. The molecule has 0 aromatic heterocycles. The summed E-state index contributed by atoms with van der Waals surface area (Å²) in [5, 5.41) is 0.